The van der Waals surface area contributed by atoms with E-state index < -0.39 is 0 Å². The van der Waals surface area contributed by atoms with Crippen molar-refractivity contribution in [3.8, 4) is 5.75 Å². The molecular weight excluding hydrogens is 262 g/mol. The smallest absolute Gasteiger partial charge is 0.124 e. The van der Waals surface area contributed by atoms with Gasteiger partial charge in [0.15, 0.2) is 0 Å². The summed E-state index contributed by atoms with van der Waals surface area (Å²) in [5.74, 6) is 1.03. The number of fused-ring (bicyclic) bond motifs is 1. The van der Waals surface area contributed by atoms with Gasteiger partial charge in [-0.05, 0) is 50.6 Å². The van der Waals surface area contributed by atoms with Gasteiger partial charge in [0.2, 0.25) is 0 Å². The molecule has 0 fully saturated rings. The average molecular weight is 291 g/mol. The van der Waals surface area contributed by atoms with E-state index in [0.717, 1.165) is 44.6 Å². The molecule has 0 amide bonds. The molecule has 0 aromatic heterocycles. The molecule has 1 aromatic carbocycles. The summed E-state index contributed by atoms with van der Waals surface area (Å²) in [6.45, 7) is 8.42. The van der Waals surface area contributed by atoms with Gasteiger partial charge in [-0.3, -0.25) is 0 Å². The lowest BCUT2D eigenvalue weighted by Crippen LogP contribution is -2.24. The van der Waals surface area contributed by atoms with Crippen molar-refractivity contribution in [3.05, 3.63) is 29.3 Å². The van der Waals surface area contributed by atoms with Crippen LogP contribution in [0.2, 0.25) is 0 Å². The number of aliphatic hydroxyl groups excluding tert-OH is 1. The van der Waals surface area contributed by atoms with Gasteiger partial charge in [-0.1, -0.05) is 31.5 Å². The minimum Gasteiger partial charge on any atom is -0.493 e. The molecular formula is C18H29NO2. The maximum absolute atomic E-state index is 9.30. The van der Waals surface area contributed by atoms with Gasteiger partial charge >= 0.3 is 0 Å². The van der Waals surface area contributed by atoms with E-state index in [1.54, 1.807) is 0 Å². The third kappa shape index (κ3) is 4.72. The zero-order valence-electron chi connectivity index (χ0n) is 13.6. The van der Waals surface area contributed by atoms with Crippen molar-refractivity contribution in [2.75, 3.05) is 19.8 Å². The molecule has 1 aliphatic heterocycles. The molecule has 1 atom stereocenters. The maximum atomic E-state index is 9.30. The molecule has 1 heterocycles. The Morgan fingerprint density at radius 1 is 1.38 bits per heavy atom. The number of hydrogen-bond donors (Lipinski definition) is 2. The fourth-order valence-corrected chi connectivity index (χ4v) is 2.83. The van der Waals surface area contributed by atoms with Crippen molar-refractivity contribution in [2.45, 2.75) is 52.5 Å². The zero-order valence-corrected chi connectivity index (χ0v) is 13.6. The summed E-state index contributed by atoms with van der Waals surface area (Å²) >= 11 is 0. The highest BCUT2D eigenvalue weighted by molar-refractivity contribution is 5.39. The summed E-state index contributed by atoms with van der Waals surface area (Å²) in [6.07, 6.45) is 4.35. The lowest BCUT2D eigenvalue weighted by Gasteiger charge is -2.23. The third-order valence-electron chi connectivity index (χ3n) is 4.28. The second-order valence-electron chi connectivity index (χ2n) is 6.96. The topological polar surface area (TPSA) is 41.5 Å². The highest BCUT2D eigenvalue weighted by Crippen LogP contribution is 2.32. The van der Waals surface area contributed by atoms with Crippen molar-refractivity contribution in [2.24, 2.45) is 5.41 Å². The first kappa shape index (κ1) is 16.3. The van der Waals surface area contributed by atoms with Crippen LogP contribution >= 0.6 is 0 Å². The molecule has 118 valence electrons. The minimum atomic E-state index is 0.0305. The van der Waals surface area contributed by atoms with Crippen molar-refractivity contribution < 1.29 is 9.84 Å². The van der Waals surface area contributed by atoms with Crippen molar-refractivity contribution in [3.63, 3.8) is 0 Å². The molecule has 0 spiro atoms. The SMILES string of the molecule is Cc1ccc2c(c1)C(NCCCC(C)(C)CO)CCCO2. The van der Waals surface area contributed by atoms with Crippen LogP contribution in [-0.2, 0) is 0 Å². The van der Waals surface area contributed by atoms with Crippen LogP contribution in [0.15, 0.2) is 18.2 Å². The zero-order chi connectivity index (χ0) is 15.3. The highest BCUT2D eigenvalue weighted by Gasteiger charge is 2.20. The van der Waals surface area contributed by atoms with E-state index in [0.29, 0.717) is 6.04 Å². The van der Waals surface area contributed by atoms with Crippen LogP contribution in [0.4, 0.5) is 0 Å². The van der Waals surface area contributed by atoms with E-state index in [4.69, 9.17) is 4.74 Å². The molecule has 1 aliphatic rings. The van der Waals surface area contributed by atoms with Crippen molar-refractivity contribution >= 4 is 0 Å². The Labute approximate surface area is 128 Å². The summed E-state index contributed by atoms with van der Waals surface area (Å²) in [5.41, 5.74) is 2.62. The molecule has 21 heavy (non-hydrogen) atoms. The highest BCUT2D eigenvalue weighted by atomic mass is 16.5. The molecule has 3 nitrogen and oxygen atoms in total. The number of ether oxygens (including phenoxy) is 1. The van der Waals surface area contributed by atoms with Crippen LogP contribution in [0.3, 0.4) is 0 Å². The van der Waals surface area contributed by atoms with Gasteiger partial charge in [-0.25, -0.2) is 0 Å². The van der Waals surface area contributed by atoms with Crippen LogP contribution in [-0.4, -0.2) is 24.9 Å². The van der Waals surface area contributed by atoms with Gasteiger partial charge in [-0.15, -0.1) is 0 Å². The predicted molar refractivity (Wildman–Crippen MR) is 86.8 cm³/mol. The Morgan fingerprint density at radius 3 is 2.95 bits per heavy atom. The number of rotatable bonds is 6. The summed E-state index contributed by atoms with van der Waals surface area (Å²) in [5, 5.41) is 13.0. The number of nitrogens with one attached hydrogen (secondary N) is 1. The predicted octanol–water partition coefficient (Wildman–Crippen LogP) is 3.60. The van der Waals surface area contributed by atoms with Gasteiger partial charge in [-0.2, -0.15) is 0 Å². The second-order valence-corrected chi connectivity index (χ2v) is 6.96. The molecule has 3 heteroatoms. The third-order valence-corrected chi connectivity index (χ3v) is 4.28. The van der Waals surface area contributed by atoms with Crippen LogP contribution in [0.5, 0.6) is 5.75 Å². The molecule has 0 bridgehead atoms. The second kappa shape index (κ2) is 7.28. The number of benzene rings is 1. The Morgan fingerprint density at radius 2 is 2.19 bits per heavy atom. The monoisotopic (exact) mass is 291 g/mol. The fourth-order valence-electron chi connectivity index (χ4n) is 2.83. The van der Waals surface area contributed by atoms with E-state index in [-0.39, 0.29) is 12.0 Å². The largest absolute Gasteiger partial charge is 0.493 e. The van der Waals surface area contributed by atoms with Crippen molar-refractivity contribution in [1.82, 2.24) is 5.32 Å². The van der Waals surface area contributed by atoms with Gasteiger partial charge in [0, 0.05) is 18.2 Å². The Hall–Kier alpha value is -1.06. The lowest BCUT2D eigenvalue weighted by molar-refractivity contribution is 0.147. The Kier molecular flexibility index (Phi) is 5.65. The van der Waals surface area contributed by atoms with E-state index in [1.165, 1.54) is 11.1 Å². The van der Waals surface area contributed by atoms with Gasteiger partial charge in [0.05, 0.1) is 6.61 Å². The molecule has 2 rings (SSSR count). The summed E-state index contributed by atoms with van der Waals surface area (Å²) < 4.78 is 5.84. The van der Waals surface area contributed by atoms with Gasteiger partial charge < -0.3 is 15.2 Å². The minimum absolute atomic E-state index is 0.0305. The molecule has 1 aromatic rings. The number of hydrogen-bond acceptors (Lipinski definition) is 3. The first-order valence-corrected chi connectivity index (χ1v) is 8.09. The summed E-state index contributed by atoms with van der Waals surface area (Å²) in [6, 6.07) is 6.85. The Bertz CT molecular complexity index is 457. The van der Waals surface area contributed by atoms with Gasteiger partial charge in [0.25, 0.3) is 0 Å². The van der Waals surface area contributed by atoms with Gasteiger partial charge in [0.1, 0.15) is 5.75 Å². The molecule has 0 saturated carbocycles. The fraction of sp³-hybridized carbons (Fsp3) is 0.667. The quantitative estimate of drug-likeness (QED) is 0.787. The van der Waals surface area contributed by atoms with E-state index in [9.17, 15) is 5.11 Å². The first-order chi connectivity index (χ1) is 10.0. The van der Waals surface area contributed by atoms with Crippen LogP contribution in [0.25, 0.3) is 0 Å². The molecule has 0 aliphatic carbocycles. The first-order valence-electron chi connectivity index (χ1n) is 8.09. The molecule has 1 unspecified atom stereocenters. The normalized spacial score (nSPS) is 18.8. The Balaban J connectivity index is 1.93. The number of aryl methyl sites for hydroxylation is 1. The van der Waals surface area contributed by atoms with Crippen molar-refractivity contribution in [1.29, 1.82) is 0 Å². The standard InChI is InChI=1S/C18H29NO2/c1-14-7-8-17-15(12-14)16(6-4-11-21-17)19-10-5-9-18(2,3)13-20/h7-8,12,16,19-20H,4-6,9-11,13H2,1-3H3. The summed E-state index contributed by atoms with van der Waals surface area (Å²) in [7, 11) is 0. The lowest BCUT2D eigenvalue weighted by atomic mass is 9.89. The number of aliphatic hydroxyl groups is 1. The van der Waals surface area contributed by atoms with E-state index >= 15 is 0 Å². The maximum Gasteiger partial charge on any atom is 0.124 e. The summed E-state index contributed by atoms with van der Waals surface area (Å²) in [4.78, 5) is 0. The molecule has 0 saturated heterocycles. The average Bonchev–Trinajstić information content (AvgIpc) is 2.66. The van der Waals surface area contributed by atoms with E-state index in [2.05, 4.69) is 44.3 Å². The van der Waals surface area contributed by atoms with Crippen LogP contribution in [0, 0.1) is 12.3 Å². The van der Waals surface area contributed by atoms with Crippen LogP contribution < -0.4 is 10.1 Å². The molecule has 2 N–H and O–H groups in total. The van der Waals surface area contributed by atoms with E-state index in [1.807, 2.05) is 0 Å². The van der Waals surface area contributed by atoms with Crippen LogP contribution in [0.1, 0.15) is 56.7 Å². The molecule has 0 radical (unpaired) electrons.